The van der Waals surface area contributed by atoms with Crippen molar-refractivity contribution in [3.63, 3.8) is 0 Å². The number of hydrogen-bond acceptors (Lipinski definition) is 2. The number of urea groups is 1. The molecule has 1 aliphatic carbocycles. The van der Waals surface area contributed by atoms with E-state index in [-0.39, 0.29) is 23.9 Å². The van der Waals surface area contributed by atoms with Crippen molar-refractivity contribution in [2.75, 3.05) is 6.54 Å². The van der Waals surface area contributed by atoms with Gasteiger partial charge in [-0.05, 0) is 24.7 Å². The minimum Gasteiger partial charge on any atom is -0.481 e. The van der Waals surface area contributed by atoms with E-state index in [4.69, 9.17) is 5.11 Å². The molecule has 1 rings (SSSR count). The number of carboxylic acid groups (broad SMARTS) is 1. The summed E-state index contributed by atoms with van der Waals surface area (Å²) >= 11 is 0. The van der Waals surface area contributed by atoms with Crippen LogP contribution in [0, 0.1) is 5.41 Å². The van der Waals surface area contributed by atoms with Crippen molar-refractivity contribution >= 4 is 12.0 Å². The van der Waals surface area contributed by atoms with Gasteiger partial charge in [0, 0.05) is 12.6 Å². The van der Waals surface area contributed by atoms with Gasteiger partial charge in [0.15, 0.2) is 0 Å². The van der Waals surface area contributed by atoms with Crippen LogP contribution in [-0.4, -0.2) is 29.7 Å². The molecule has 19 heavy (non-hydrogen) atoms. The molecule has 0 radical (unpaired) electrons. The molecule has 0 heterocycles. The normalized spacial score (nSPS) is 18.8. The zero-order valence-corrected chi connectivity index (χ0v) is 12.0. The maximum Gasteiger partial charge on any atom is 0.315 e. The molecule has 5 heteroatoms. The standard InChI is InChI=1S/C14H26N2O3/c1-3-6-11(9-12(17)18)16-13(19)15-10-14(2)7-4-5-8-14/h11H,3-10H2,1-2H3,(H,17,18)(H2,15,16,19). The summed E-state index contributed by atoms with van der Waals surface area (Å²) in [6.07, 6.45) is 6.31. The van der Waals surface area contributed by atoms with E-state index in [2.05, 4.69) is 17.6 Å². The number of carbonyl (C=O) groups is 2. The molecule has 0 spiro atoms. The lowest BCUT2D eigenvalue weighted by Gasteiger charge is -2.25. The average Bonchev–Trinajstić information content (AvgIpc) is 2.74. The number of aliphatic carboxylic acids is 1. The van der Waals surface area contributed by atoms with Crippen LogP contribution < -0.4 is 10.6 Å². The second-order valence-electron chi connectivity index (χ2n) is 5.93. The van der Waals surface area contributed by atoms with E-state index in [1.807, 2.05) is 6.92 Å². The van der Waals surface area contributed by atoms with Crippen LogP contribution in [0.3, 0.4) is 0 Å². The van der Waals surface area contributed by atoms with E-state index < -0.39 is 5.97 Å². The molecule has 1 saturated carbocycles. The Morgan fingerprint density at radius 1 is 1.32 bits per heavy atom. The number of hydrogen-bond donors (Lipinski definition) is 3. The Kier molecular flexibility index (Phi) is 6.12. The first-order valence-corrected chi connectivity index (χ1v) is 7.21. The van der Waals surface area contributed by atoms with E-state index in [9.17, 15) is 9.59 Å². The molecule has 1 unspecified atom stereocenters. The van der Waals surface area contributed by atoms with Gasteiger partial charge in [0.25, 0.3) is 0 Å². The smallest absolute Gasteiger partial charge is 0.315 e. The second-order valence-corrected chi connectivity index (χ2v) is 5.93. The second kappa shape index (κ2) is 7.36. The maximum absolute atomic E-state index is 11.8. The molecule has 5 nitrogen and oxygen atoms in total. The summed E-state index contributed by atoms with van der Waals surface area (Å²) in [4.78, 5) is 22.5. The van der Waals surface area contributed by atoms with Gasteiger partial charge in [-0.3, -0.25) is 4.79 Å². The highest BCUT2D eigenvalue weighted by atomic mass is 16.4. The lowest BCUT2D eigenvalue weighted by molar-refractivity contribution is -0.137. The Hall–Kier alpha value is -1.26. The molecule has 0 saturated heterocycles. The van der Waals surface area contributed by atoms with Crippen LogP contribution in [0.15, 0.2) is 0 Å². The van der Waals surface area contributed by atoms with E-state index in [1.54, 1.807) is 0 Å². The van der Waals surface area contributed by atoms with Crippen molar-refractivity contribution in [2.45, 2.75) is 64.8 Å². The van der Waals surface area contributed by atoms with E-state index >= 15 is 0 Å². The third-order valence-electron chi connectivity index (χ3n) is 3.88. The molecule has 1 atom stereocenters. The predicted octanol–water partition coefficient (Wildman–Crippen LogP) is 2.51. The number of nitrogens with one attached hydrogen (secondary N) is 2. The molecule has 0 aromatic carbocycles. The minimum atomic E-state index is -0.874. The Morgan fingerprint density at radius 2 is 1.95 bits per heavy atom. The van der Waals surface area contributed by atoms with Gasteiger partial charge in [0.1, 0.15) is 0 Å². The number of amides is 2. The molecule has 0 aromatic heterocycles. The van der Waals surface area contributed by atoms with Crippen molar-refractivity contribution in [2.24, 2.45) is 5.41 Å². The van der Waals surface area contributed by atoms with E-state index in [1.165, 1.54) is 12.8 Å². The molecular formula is C14H26N2O3. The summed E-state index contributed by atoms with van der Waals surface area (Å²) in [6.45, 7) is 4.85. The van der Waals surface area contributed by atoms with Gasteiger partial charge in [-0.2, -0.15) is 0 Å². The predicted molar refractivity (Wildman–Crippen MR) is 74.1 cm³/mol. The first kappa shape index (κ1) is 15.8. The number of carboxylic acids is 1. The van der Waals surface area contributed by atoms with E-state index in [0.29, 0.717) is 13.0 Å². The Bertz CT molecular complexity index is 312. The summed E-state index contributed by atoms with van der Waals surface area (Å²) < 4.78 is 0. The Balaban J connectivity index is 2.33. The topological polar surface area (TPSA) is 78.4 Å². The first-order chi connectivity index (χ1) is 8.95. The number of rotatable bonds is 7. The molecule has 3 N–H and O–H groups in total. The highest BCUT2D eigenvalue weighted by molar-refractivity contribution is 5.75. The van der Waals surface area contributed by atoms with Gasteiger partial charge in [-0.15, -0.1) is 0 Å². The van der Waals surface area contributed by atoms with Crippen LogP contribution in [-0.2, 0) is 4.79 Å². The zero-order valence-electron chi connectivity index (χ0n) is 12.0. The molecule has 0 aliphatic heterocycles. The monoisotopic (exact) mass is 270 g/mol. The van der Waals surface area contributed by atoms with Gasteiger partial charge in [0.2, 0.25) is 0 Å². The molecule has 0 aromatic rings. The summed E-state index contributed by atoms with van der Waals surface area (Å²) in [6, 6.07) is -0.522. The van der Waals surface area contributed by atoms with Crippen molar-refractivity contribution in [1.29, 1.82) is 0 Å². The Morgan fingerprint density at radius 3 is 2.47 bits per heavy atom. The van der Waals surface area contributed by atoms with Gasteiger partial charge in [-0.25, -0.2) is 4.79 Å². The molecule has 0 bridgehead atoms. The molecule has 1 aliphatic rings. The largest absolute Gasteiger partial charge is 0.481 e. The third kappa shape index (κ3) is 5.94. The first-order valence-electron chi connectivity index (χ1n) is 7.21. The van der Waals surface area contributed by atoms with Crippen LogP contribution in [0.5, 0.6) is 0 Å². The minimum absolute atomic E-state index is 0.0153. The highest BCUT2D eigenvalue weighted by Crippen LogP contribution is 2.36. The quantitative estimate of drug-likeness (QED) is 0.665. The van der Waals surface area contributed by atoms with Crippen molar-refractivity contribution in [1.82, 2.24) is 10.6 Å². The lowest BCUT2D eigenvalue weighted by atomic mass is 9.89. The maximum atomic E-state index is 11.8. The van der Waals surface area contributed by atoms with Crippen molar-refractivity contribution in [3.05, 3.63) is 0 Å². The summed E-state index contributed by atoms with van der Waals surface area (Å²) in [7, 11) is 0. The average molecular weight is 270 g/mol. The van der Waals surface area contributed by atoms with Gasteiger partial charge >= 0.3 is 12.0 Å². The highest BCUT2D eigenvalue weighted by Gasteiger charge is 2.29. The zero-order chi connectivity index (χ0) is 14.3. The molecular weight excluding hydrogens is 244 g/mol. The third-order valence-corrected chi connectivity index (χ3v) is 3.88. The van der Waals surface area contributed by atoms with Crippen molar-refractivity contribution < 1.29 is 14.7 Å². The van der Waals surface area contributed by atoms with Crippen LogP contribution >= 0.6 is 0 Å². The summed E-state index contributed by atoms with van der Waals surface area (Å²) in [5.41, 5.74) is 0.213. The lowest BCUT2D eigenvalue weighted by Crippen LogP contribution is -2.45. The van der Waals surface area contributed by atoms with Crippen LogP contribution in [0.1, 0.15) is 58.8 Å². The van der Waals surface area contributed by atoms with Gasteiger partial charge in [0.05, 0.1) is 6.42 Å². The van der Waals surface area contributed by atoms with Crippen molar-refractivity contribution in [3.8, 4) is 0 Å². The van der Waals surface area contributed by atoms with E-state index in [0.717, 1.165) is 19.3 Å². The fraction of sp³-hybridized carbons (Fsp3) is 0.857. The summed E-state index contributed by atoms with van der Waals surface area (Å²) in [5, 5.41) is 14.4. The van der Waals surface area contributed by atoms with Crippen LogP contribution in [0.25, 0.3) is 0 Å². The fourth-order valence-electron chi connectivity index (χ4n) is 2.72. The molecule has 110 valence electrons. The van der Waals surface area contributed by atoms with Crippen LogP contribution in [0.2, 0.25) is 0 Å². The molecule has 1 fully saturated rings. The Labute approximate surface area is 115 Å². The fourth-order valence-corrected chi connectivity index (χ4v) is 2.72. The van der Waals surface area contributed by atoms with Crippen LogP contribution in [0.4, 0.5) is 4.79 Å². The summed E-state index contributed by atoms with van der Waals surface area (Å²) in [5.74, 6) is -0.874. The van der Waals surface area contributed by atoms with Gasteiger partial charge < -0.3 is 15.7 Å². The number of carbonyl (C=O) groups excluding carboxylic acids is 1. The van der Waals surface area contributed by atoms with Gasteiger partial charge in [-0.1, -0.05) is 33.1 Å². The SMILES string of the molecule is CCCC(CC(=O)O)NC(=O)NCC1(C)CCCC1. The molecule has 2 amide bonds.